The number of aromatic nitrogens is 1. The molecule has 1 aromatic heterocycles. The van der Waals surface area contributed by atoms with Crippen molar-refractivity contribution in [3.63, 3.8) is 0 Å². The first kappa shape index (κ1) is 16.7. The maximum atomic E-state index is 12.4. The van der Waals surface area contributed by atoms with E-state index in [0.717, 1.165) is 12.8 Å². The molecular weight excluding hydrogens is 336 g/mol. The van der Waals surface area contributed by atoms with Crippen LogP contribution in [0.5, 0.6) is 0 Å². The Kier molecular flexibility index (Phi) is 4.46. The van der Waals surface area contributed by atoms with Gasteiger partial charge in [-0.3, -0.25) is 9.78 Å². The number of fused-ring (bicyclic) bond motifs is 1. The van der Waals surface area contributed by atoms with Crippen LogP contribution in [0.1, 0.15) is 25.7 Å². The van der Waals surface area contributed by atoms with Crippen LogP contribution >= 0.6 is 0 Å². The Bertz CT molecular complexity index is 913. The molecule has 0 bridgehead atoms. The van der Waals surface area contributed by atoms with Gasteiger partial charge in [0.15, 0.2) is 5.58 Å². The molecule has 1 aliphatic rings. The molecule has 3 N–H and O–H groups in total. The van der Waals surface area contributed by atoms with E-state index in [0.29, 0.717) is 18.4 Å². The largest absolute Gasteiger partial charge is 0.481 e. The highest BCUT2D eigenvalue weighted by molar-refractivity contribution is 7.89. The van der Waals surface area contributed by atoms with E-state index in [1.54, 1.807) is 0 Å². The van der Waals surface area contributed by atoms with E-state index in [1.165, 1.54) is 18.2 Å². The zero-order valence-electron chi connectivity index (χ0n) is 12.8. The molecule has 1 aliphatic carbocycles. The topological polar surface area (TPSA) is 129 Å². The van der Waals surface area contributed by atoms with Crippen LogP contribution in [0.3, 0.4) is 0 Å². The van der Waals surface area contributed by atoms with Crippen molar-refractivity contribution in [2.24, 2.45) is 11.8 Å². The Morgan fingerprint density at radius 1 is 1.33 bits per heavy atom. The second-order valence-electron chi connectivity index (χ2n) is 6.01. The number of hydrogen-bond acceptors (Lipinski definition) is 5. The van der Waals surface area contributed by atoms with Crippen LogP contribution in [0, 0.1) is 11.8 Å². The number of aromatic amines is 1. The Hall–Kier alpha value is -2.13. The fourth-order valence-corrected chi connectivity index (χ4v) is 4.28. The molecule has 8 nitrogen and oxygen atoms in total. The number of hydrogen-bond donors (Lipinski definition) is 3. The monoisotopic (exact) mass is 354 g/mol. The Morgan fingerprint density at radius 3 is 2.83 bits per heavy atom. The SMILES string of the molecule is O=C(O)[C@H]1CCCC[C@H]1CNS(=O)(=O)c1ccc2[nH]c(=O)oc2c1. The van der Waals surface area contributed by atoms with Crippen molar-refractivity contribution in [1.29, 1.82) is 0 Å². The van der Waals surface area contributed by atoms with E-state index in [4.69, 9.17) is 4.42 Å². The van der Waals surface area contributed by atoms with E-state index in [9.17, 15) is 23.1 Å². The van der Waals surface area contributed by atoms with Crippen LogP contribution in [0.4, 0.5) is 0 Å². The number of benzene rings is 1. The zero-order valence-corrected chi connectivity index (χ0v) is 13.6. The van der Waals surface area contributed by atoms with Crippen LogP contribution in [0.25, 0.3) is 11.1 Å². The van der Waals surface area contributed by atoms with Gasteiger partial charge in [-0.25, -0.2) is 17.9 Å². The minimum absolute atomic E-state index is 0.0274. The number of carboxylic acid groups (broad SMARTS) is 1. The second-order valence-corrected chi connectivity index (χ2v) is 7.78. The minimum atomic E-state index is -3.81. The molecule has 1 fully saturated rings. The summed E-state index contributed by atoms with van der Waals surface area (Å²) in [5.41, 5.74) is 0.570. The van der Waals surface area contributed by atoms with Gasteiger partial charge >= 0.3 is 11.7 Å². The normalized spacial score (nSPS) is 21.8. The number of nitrogens with one attached hydrogen (secondary N) is 2. The van der Waals surface area contributed by atoms with E-state index in [-0.39, 0.29) is 22.9 Å². The highest BCUT2D eigenvalue weighted by Gasteiger charge is 2.31. The molecule has 1 aromatic carbocycles. The van der Waals surface area contributed by atoms with Crippen molar-refractivity contribution in [3.05, 3.63) is 28.7 Å². The highest BCUT2D eigenvalue weighted by Crippen LogP contribution is 2.30. The second kappa shape index (κ2) is 6.40. The third kappa shape index (κ3) is 3.36. The number of rotatable bonds is 5. The first-order valence-corrected chi connectivity index (χ1v) is 9.20. The maximum absolute atomic E-state index is 12.4. The zero-order chi connectivity index (χ0) is 17.3. The summed E-state index contributed by atoms with van der Waals surface area (Å²) in [6.45, 7) is 0.0778. The standard InChI is InChI=1S/C15H18N2O6S/c18-14(19)11-4-2-1-3-9(11)8-16-24(21,22)10-5-6-12-13(7-10)23-15(20)17-12/h5-7,9,11,16H,1-4,8H2,(H,17,20)(H,18,19)/t9-,11-/m0/s1. The van der Waals surface area contributed by atoms with Gasteiger partial charge in [0.05, 0.1) is 16.3 Å². The molecule has 2 atom stereocenters. The minimum Gasteiger partial charge on any atom is -0.481 e. The van der Waals surface area contributed by atoms with Gasteiger partial charge < -0.3 is 9.52 Å². The van der Waals surface area contributed by atoms with E-state index in [2.05, 4.69) is 9.71 Å². The molecule has 130 valence electrons. The number of carbonyl (C=O) groups is 1. The molecule has 2 aromatic rings. The highest BCUT2D eigenvalue weighted by atomic mass is 32.2. The van der Waals surface area contributed by atoms with Gasteiger partial charge in [0.1, 0.15) is 0 Å². The van der Waals surface area contributed by atoms with Crippen LogP contribution in [-0.4, -0.2) is 31.0 Å². The lowest BCUT2D eigenvalue weighted by atomic mass is 9.79. The third-order valence-electron chi connectivity index (χ3n) is 4.46. The summed E-state index contributed by atoms with van der Waals surface area (Å²) >= 11 is 0. The summed E-state index contributed by atoms with van der Waals surface area (Å²) < 4.78 is 32.2. The van der Waals surface area contributed by atoms with E-state index < -0.39 is 27.7 Å². The summed E-state index contributed by atoms with van der Waals surface area (Å²) in [4.78, 5) is 24.8. The van der Waals surface area contributed by atoms with Crippen LogP contribution in [-0.2, 0) is 14.8 Å². The number of oxazole rings is 1. The van der Waals surface area contributed by atoms with E-state index >= 15 is 0 Å². The fourth-order valence-electron chi connectivity index (χ4n) is 3.17. The molecule has 1 heterocycles. The summed E-state index contributed by atoms with van der Waals surface area (Å²) in [7, 11) is -3.81. The Morgan fingerprint density at radius 2 is 2.08 bits per heavy atom. The molecule has 0 radical (unpaired) electrons. The van der Waals surface area contributed by atoms with Gasteiger partial charge in [-0.1, -0.05) is 12.8 Å². The number of H-pyrrole nitrogens is 1. The average molecular weight is 354 g/mol. The summed E-state index contributed by atoms with van der Waals surface area (Å²) in [6, 6.07) is 4.09. The molecule has 24 heavy (non-hydrogen) atoms. The molecule has 0 aliphatic heterocycles. The van der Waals surface area contributed by atoms with E-state index in [1.807, 2.05) is 0 Å². The molecule has 0 amide bonds. The summed E-state index contributed by atoms with van der Waals surface area (Å²) in [5, 5.41) is 9.25. The first-order valence-electron chi connectivity index (χ1n) is 7.72. The predicted octanol–water partition coefficient (Wildman–Crippen LogP) is 1.29. The van der Waals surface area contributed by atoms with Gasteiger partial charge in [0.25, 0.3) is 0 Å². The maximum Gasteiger partial charge on any atom is 0.417 e. The van der Waals surface area contributed by atoms with Crippen LogP contribution < -0.4 is 10.5 Å². The van der Waals surface area contributed by atoms with Crippen molar-refractivity contribution in [2.45, 2.75) is 30.6 Å². The summed E-state index contributed by atoms with van der Waals surface area (Å²) in [5.74, 6) is -2.28. The quantitative estimate of drug-likeness (QED) is 0.742. The van der Waals surface area contributed by atoms with Crippen molar-refractivity contribution in [2.75, 3.05) is 6.54 Å². The lowest BCUT2D eigenvalue weighted by Gasteiger charge is -2.28. The molecule has 0 spiro atoms. The van der Waals surface area contributed by atoms with Crippen molar-refractivity contribution >= 4 is 27.1 Å². The van der Waals surface area contributed by atoms with Crippen LogP contribution in [0.2, 0.25) is 0 Å². The first-order chi connectivity index (χ1) is 11.4. The van der Waals surface area contributed by atoms with Crippen molar-refractivity contribution in [3.8, 4) is 0 Å². The molecule has 9 heteroatoms. The third-order valence-corrected chi connectivity index (χ3v) is 5.89. The summed E-state index contributed by atoms with van der Waals surface area (Å²) in [6.07, 6.45) is 3.01. The van der Waals surface area contributed by atoms with Gasteiger partial charge in [0, 0.05) is 12.6 Å². The Balaban J connectivity index is 1.77. The number of sulfonamides is 1. The van der Waals surface area contributed by atoms with Gasteiger partial charge in [-0.05, 0) is 30.9 Å². The number of aliphatic carboxylic acids is 1. The number of carboxylic acids is 1. The Labute approximate surface area is 137 Å². The van der Waals surface area contributed by atoms with Crippen LogP contribution in [0.15, 0.2) is 32.3 Å². The average Bonchev–Trinajstić information content (AvgIpc) is 2.92. The lowest BCUT2D eigenvalue weighted by molar-refractivity contribution is -0.144. The van der Waals surface area contributed by atoms with Gasteiger partial charge in [-0.2, -0.15) is 0 Å². The smallest absolute Gasteiger partial charge is 0.417 e. The molecule has 1 saturated carbocycles. The van der Waals surface area contributed by atoms with Gasteiger partial charge in [0.2, 0.25) is 10.0 Å². The molecule has 3 rings (SSSR count). The lowest BCUT2D eigenvalue weighted by Crippen LogP contribution is -2.37. The van der Waals surface area contributed by atoms with Crippen molar-refractivity contribution < 1.29 is 22.7 Å². The fraction of sp³-hybridized carbons (Fsp3) is 0.467. The molecular formula is C15H18N2O6S. The predicted molar refractivity (Wildman–Crippen MR) is 85.1 cm³/mol. The molecule has 0 saturated heterocycles. The molecule has 0 unspecified atom stereocenters. The van der Waals surface area contributed by atoms with Gasteiger partial charge in [-0.15, -0.1) is 0 Å². The van der Waals surface area contributed by atoms with Crippen molar-refractivity contribution in [1.82, 2.24) is 9.71 Å².